The third-order valence-electron chi connectivity index (χ3n) is 4.11. The number of hydrogen-bond donors (Lipinski definition) is 1. The number of hydrogen-bond acceptors (Lipinski definition) is 2. The van der Waals surface area contributed by atoms with Crippen LogP contribution in [0, 0.1) is 0 Å². The highest BCUT2D eigenvalue weighted by atomic mass is 15.2. The molecule has 3 fully saturated rings. The van der Waals surface area contributed by atoms with Crippen LogP contribution in [-0.4, -0.2) is 36.1 Å². The number of nitrogens with zero attached hydrogens (tertiary/aromatic N) is 1. The molecule has 0 amide bonds. The lowest BCUT2D eigenvalue weighted by Crippen LogP contribution is -2.47. The third kappa shape index (κ3) is 1.50. The van der Waals surface area contributed by atoms with E-state index in [-0.39, 0.29) is 0 Å². The van der Waals surface area contributed by atoms with Crippen molar-refractivity contribution >= 4 is 0 Å². The molecule has 3 rings (SSSR count). The van der Waals surface area contributed by atoms with E-state index in [2.05, 4.69) is 10.2 Å². The summed E-state index contributed by atoms with van der Waals surface area (Å²) in [7, 11) is 0. The molecule has 2 heteroatoms. The van der Waals surface area contributed by atoms with Crippen LogP contribution in [0.5, 0.6) is 0 Å². The molecule has 3 aliphatic rings. The Morgan fingerprint density at radius 3 is 2.15 bits per heavy atom. The van der Waals surface area contributed by atoms with Gasteiger partial charge in [-0.25, -0.2) is 0 Å². The number of piperidine rings is 1. The minimum atomic E-state index is 0.865. The maximum Gasteiger partial charge on any atom is 0.0125 e. The molecule has 0 aromatic rings. The van der Waals surface area contributed by atoms with E-state index < -0.39 is 0 Å². The predicted molar refractivity (Wildman–Crippen MR) is 53.8 cm³/mol. The molecule has 0 aromatic carbocycles. The number of nitrogens with one attached hydrogen (secondary N) is 1. The summed E-state index contributed by atoms with van der Waals surface area (Å²) in [6, 6.07) is 2.66. The van der Waals surface area contributed by atoms with Crippen molar-refractivity contribution in [2.45, 2.75) is 56.7 Å². The molecule has 2 bridgehead atoms. The first kappa shape index (κ1) is 8.25. The molecule has 0 saturated carbocycles. The second-order valence-corrected chi connectivity index (χ2v) is 5.01. The van der Waals surface area contributed by atoms with Crippen molar-refractivity contribution < 1.29 is 0 Å². The predicted octanol–water partition coefficient (Wildman–Crippen LogP) is 1.37. The van der Waals surface area contributed by atoms with Gasteiger partial charge in [-0.2, -0.15) is 0 Å². The van der Waals surface area contributed by atoms with Crippen molar-refractivity contribution in [1.82, 2.24) is 10.2 Å². The third-order valence-corrected chi connectivity index (χ3v) is 4.11. The topological polar surface area (TPSA) is 15.3 Å². The van der Waals surface area contributed by atoms with E-state index in [1.54, 1.807) is 0 Å². The van der Waals surface area contributed by atoms with Gasteiger partial charge in [0.15, 0.2) is 0 Å². The lowest BCUT2D eigenvalue weighted by molar-refractivity contribution is 0.172. The lowest BCUT2D eigenvalue weighted by atomic mass is 9.99. The molecule has 3 heterocycles. The Morgan fingerprint density at radius 1 is 0.923 bits per heavy atom. The molecule has 3 atom stereocenters. The van der Waals surface area contributed by atoms with E-state index >= 15 is 0 Å². The monoisotopic (exact) mass is 180 g/mol. The molecule has 74 valence electrons. The van der Waals surface area contributed by atoms with Gasteiger partial charge in [-0.1, -0.05) is 0 Å². The second kappa shape index (κ2) is 3.25. The smallest absolute Gasteiger partial charge is 0.0125 e. The van der Waals surface area contributed by atoms with Crippen LogP contribution in [0.4, 0.5) is 0 Å². The highest BCUT2D eigenvalue weighted by molar-refractivity contribution is 4.96. The number of likely N-dealkylation sites (tertiary alicyclic amines) is 1. The standard InChI is InChI=1S/C11H20N2/c1-2-6-13(5-1)11-7-9-3-4-10(8-11)12-9/h9-12H,1-8H2/t9-,10+,11?. The molecule has 0 aromatic heterocycles. The van der Waals surface area contributed by atoms with Crippen LogP contribution in [0.25, 0.3) is 0 Å². The lowest BCUT2D eigenvalue weighted by Gasteiger charge is -2.35. The van der Waals surface area contributed by atoms with Crippen molar-refractivity contribution in [3.05, 3.63) is 0 Å². The Morgan fingerprint density at radius 2 is 1.54 bits per heavy atom. The van der Waals surface area contributed by atoms with Crippen molar-refractivity contribution in [2.24, 2.45) is 0 Å². The maximum absolute atomic E-state index is 3.72. The van der Waals surface area contributed by atoms with Gasteiger partial charge in [0, 0.05) is 18.1 Å². The molecule has 3 saturated heterocycles. The van der Waals surface area contributed by atoms with Gasteiger partial charge in [-0.3, -0.25) is 0 Å². The van der Waals surface area contributed by atoms with E-state index in [4.69, 9.17) is 0 Å². The van der Waals surface area contributed by atoms with Crippen LogP contribution in [0.1, 0.15) is 38.5 Å². The Labute approximate surface area is 80.7 Å². The zero-order valence-corrected chi connectivity index (χ0v) is 8.34. The summed E-state index contributed by atoms with van der Waals surface area (Å²) in [4.78, 5) is 2.74. The number of fused-ring (bicyclic) bond motifs is 2. The first-order chi connectivity index (χ1) is 6.42. The molecular formula is C11H20N2. The number of rotatable bonds is 1. The summed E-state index contributed by atoms with van der Waals surface area (Å²) in [6.07, 6.45) is 8.62. The largest absolute Gasteiger partial charge is 0.311 e. The van der Waals surface area contributed by atoms with Gasteiger partial charge in [0.2, 0.25) is 0 Å². The summed E-state index contributed by atoms with van der Waals surface area (Å²) < 4.78 is 0. The Kier molecular flexibility index (Phi) is 2.06. The molecule has 0 radical (unpaired) electrons. The van der Waals surface area contributed by atoms with Crippen molar-refractivity contribution in [3.8, 4) is 0 Å². The minimum absolute atomic E-state index is 0.865. The zero-order valence-electron chi connectivity index (χ0n) is 8.34. The molecule has 0 aliphatic carbocycles. The molecule has 1 unspecified atom stereocenters. The quantitative estimate of drug-likeness (QED) is 0.655. The summed E-state index contributed by atoms with van der Waals surface area (Å²) in [6.45, 7) is 2.76. The molecule has 13 heavy (non-hydrogen) atoms. The fourth-order valence-corrected chi connectivity index (χ4v) is 3.43. The molecule has 0 spiro atoms. The first-order valence-corrected chi connectivity index (χ1v) is 5.92. The maximum atomic E-state index is 3.72. The summed E-state index contributed by atoms with van der Waals surface area (Å²) in [5.74, 6) is 0. The average molecular weight is 180 g/mol. The Balaban J connectivity index is 1.65. The van der Waals surface area contributed by atoms with Crippen LogP contribution in [-0.2, 0) is 0 Å². The Bertz CT molecular complexity index is 175. The fraction of sp³-hybridized carbons (Fsp3) is 1.00. The van der Waals surface area contributed by atoms with Crippen LogP contribution in [0.3, 0.4) is 0 Å². The van der Waals surface area contributed by atoms with Crippen molar-refractivity contribution in [1.29, 1.82) is 0 Å². The van der Waals surface area contributed by atoms with Gasteiger partial charge in [-0.15, -0.1) is 0 Å². The van der Waals surface area contributed by atoms with Gasteiger partial charge >= 0.3 is 0 Å². The van der Waals surface area contributed by atoms with Crippen LogP contribution in [0.15, 0.2) is 0 Å². The van der Waals surface area contributed by atoms with Gasteiger partial charge in [-0.05, 0) is 51.6 Å². The normalized spacial score (nSPS) is 45.7. The van der Waals surface area contributed by atoms with Gasteiger partial charge < -0.3 is 10.2 Å². The Hall–Kier alpha value is -0.0800. The van der Waals surface area contributed by atoms with Gasteiger partial charge in [0.05, 0.1) is 0 Å². The van der Waals surface area contributed by atoms with Crippen molar-refractivity contribution in [2.75, 3.05) is 13.1 Å². The highest BCUT2D eigenvalue weighted by Crippen LogP contribution is 2.31. The van der Waals surface area contributed by atoms with Crippen LogP contribution >= 0.6 is 0 Å². The van der Waals surface area contributed by atoms with Gasteiger partial charge in [0.1, 0.15) is 0 Å². The SMILES string of the molecule is C1CCN(C2C[C@H]3CC[C@@H](C2)N3)C1. The van der Waals surface area contributed by atoms with E-state index in [1.807, 2.05) is 0 Å². The van der Waals surface area contributed by atoms with Crippen LogP contribution in [0.2, 0.25) is 0 Å². The fourth-order valence-electron chi connectivity index (χ4n) is 3.43. The van der Waals surface area contributed by atoms with E-state index in [9.17, 15) is 0 Å². The highest BCUT2D eigenvalue weighted by Gasteiger charge is 2.36. The van der Waals surface area contributed by atoms with E-state index in [0.717, 1.165) is 18.1 Å². The van der Waals surface area contributed by atoms with Crippen molar-refractivity contribution in [3.63, 3.8) is 0 Å². The second-order valence-electron chi connectivity index (χ2n) is 5.01. The molecular weight excluding hydrogens is 160 g/mol. The minimum Gasteiger partial charge on any atom is -0.311 e. The first-order valence-electron chi connectivity index (χ1n) is 5.92. The average Bonchev–Trinajstić information content (AvgIpc) is 2.75. The zero-order chi connectivity index (χ0) is 8.67. The van der Waals surface area contributed by atoms with Crippen LogP contribution < -0.4 is 5.32 Å². The van der Waals surface area contributed by atoms with E-state index in [0.29, 0.717) is 0 Å². The van der Waals surface area contributed by atoms with Gasteiger partial charge in [0.25, 0.3) is 0 Å². The summed E-state index contributed by atoms with van der Waals surface area (Å²) in [5, 5.41) is 3.72. The molecule has 1 N–H and O–H groups in total. The summed E-state index contributed by atoms with van der Waals surface area (Å²) >= 11 is 0. The summed E-state index contributed by atoms with van der Waals surface area (Å²) in [5.41, 5.74) is 0. The van der Waals surface area contributed by atoms with E-state index in [1.165, 1.54) is 51.6 Å². The molecule has 2 nitrogen and oxygen atoms in total. The molecule has 3 aliphatic heterocycles.